The second-order valence-corrected chi connectivity index (χ2v) is 17.4. The third-order valence-corrected chi connectivity index (χ3v) is 9.43. The van der Waals surface area contributed by atoms with E-state index in [9.17, 15) is 68.4 Å². The number of rotatable bonds is 27. The lowest BCUT2D eigenvalue weighted by Crippen LogP contribution is -2.53. The smallest absolute Gasteiger partial charge is 0.352 e. The number of hydrogen-bond donors (Lipinski definition) is 8. The monoisotopic (exact) mass is 961 g/mol. The van der Waals surface area contributed by atoms with Crippen molar-refractivity contribution in [1.29, 1.82) is 0 Å². The Kier molecular flexibility index (Phi) is 18.5. The molecule has 0 bridgehead atoms. The van der Waals surface area contributed by atoms with Crippen molar-refractivity contribution in [1.82, 2.24) is 25.3 Å². The van der Waals surface area contributed by atoms with E-state index >= 15 is 0 Å². The lowest BCUT2D eigenvalue weighted by Gasteiger charge is -2.31. The van der Waals surface area contributed by atoms with Gasteiger partial charge in [0.15, 0.2) is 11.2 Å². The second-order valence-electron chi connectivity index (χ2n) is 17.4. The highest BCUT2D eigenvalue weighted by atomic mass is 16.6. The standard InChI is InChI=1S/C41H53N9O18/c1-49(2,3)13-15-65-37(63)40(17-27(51)52,18-28(53)54)67-31(59)12-11-26(36(62)68-41(19-29(55)56,20-30(57)58)38(64)66-16-14-50(4,5)6)46-34(60)23-7-9-24(10-8-23)43-21-25-22-44-33-32(45-25)35(61)48-39(42)47-33/h7-10,22,26H,11-21H2,1-6H3,(H7-2,42,43,44,46,47,48,51,52,53,54,55,56,57,58,60,61)/p+2/t26-/m0/s1. The third kappa shape index (κ3) is 17.2. The van der Waals surface area contributed by atoms with Crippen molar-refractivity contribution in [3.63, 3.8) is 0 Å². The minimum Gasteiger partial charge on any atom is -0.481 e. The fourth-order valence-corrected chi connectivity index (χ4v) is 5.99. The molecule has 3 aromatic rings. The molecule has 27 nitrogen and oxygen atoms in total. The summed E-state index contributed by atoms with van der Waals surface area (Å²) in [4.78, 5) is 143. The van der Waals surface area contributed by atoms with Crippen LogP contribution < -0.4 is 21.9 Å². The Morgan fingerprint density at radius 2 is 1.22 bits per heavy atom. The molecule has 3 rings (SSSR count). The topological polar surface area (TPSA) is 393 Å². The van der Waals surface area contributed by atoms with Gasteiger partial charge in [-0.3, -0.25) is 33.6 Å². The summed E-state index contributed by atoms with van der Waals surface area (Å²) < 4.78 is 21.4. The lowest BCUT2D eigenvalue weighted by atomic mass is 9.94. The van der Waals surface area contributed by atoms with Gasteiger partial charge in [-0.2, -0.15) is 4.98 Å². The second kappa shape index (κ2) is 23.1. The van der Waals surface area contributed by atoms with Crippen molar-refractivity contribution in [3.05, 3.63) is 52.1 Å². The van der Waals surface area contributed by atoms with Crippen molar-refractivity contribution in [2.24, 2.45) is 0 Å². The zero-order valence-electron chi connectivity index (χ0n) is 38.1. The van der Waals surface area contributed by atoms with Crippen LogP contribution >= 0.6 is 0 Å². The first-order valence-electron chi connectivity index (χ1n) is 20.5. The summed E-state index contributed by atoms with van der Waals surface area (Å²) in [5.74, 6) is -14.5. The first-order valence-corrected chi connectivity index (χ1v) is 20.5. The van der Waals surface area contributed by atoms with Gasteiger partial charge in [0.05, 0.1) is 86.4 Å². The summed E-state index contributed by atoms with van der Waals surface area (Å²) >= 11 is 0. The van der Waals surface area contributed by atoms with Gasteiger partial charge in [-0.15, -0.1) is 0 Å². The molecule has 0 radical (unpaired) electrons. The molecule has 0 aliphatic rings. The Bertz CT molecular complexity index is 2410. The number of likely N-dealkylation sites (N-methyl/N-ethyl adjacent to an activating group) is 2. The van der Waals surface area contributed by atoms with Crippen molar-refractivity contribution < 1.29 is 91.5 Å². The zero-order valence-corrected chi connectivity index (χ0v) is 38.1. The van der Waals surface area contributed by atoms with E-state index in [1.54, 1.807) is 42.3 Å². The third-order valence-electron chi connectivity index (χ3n) is 9.43. The number of nitrogens with one attached hydrogen (secondary N) is 3. The maximum Gasteiger partial charge on any atom is 0.352 e. The predicted octanol–water partition coefficient (Wildman–Crippen LogP) is -1.25. The van der Waals surface area contributed by atoms with Gasteiger partial charge in [-0.05, 0) is 30.7 Å². The van der Waals surface area contributed by atoms with Crippen molar-refractivity contribution in [3.8, 4) is 0 Å². The van der Waals surface area contributed by atoms with E-state index in [4.69, 9.17) is 24.7 Å². The van der Waals surface area contributed by atoms with Gasteiger partial charge in [0.25, 0.3) is 5.91 Å². The van der Waals surface area contributed by atoms with Crippen LogP contribution in [0.25, 0.3) is 11.2 Å². The van der Waals surface area contributed by atoms with E-state index in [0.717, 1.165) is 0 Å². The summed E-state index contributed by atoms with van der Waals surface area (Å²) in [6.45, 7) is -0.383. The van der Waals surface area contributed by atoms with Crippen LogP contribution in [0, 0.1) is 0 Å². The average molecular weight is 962 g/mol. The predicted molar refractivity (Wildman–Crippen MR) is 231 cm³/mol. The number of esters is 4. The van der Waals surface area contributed by atoms with E-state index in [1.807, 2.05) is 0 Å². The van der Waals surface area contributed by atoms with Crippen LogP contribution in [0.15, 0.2) is 35.3 Å². The van der Waals surface area contributed by atoms with E-state index < -0.39 is 115 Å². The number of quaternary nitrogens is 2. The van der Waals surface area contributed by atoms with E-state index in [2.05, 4.69) is 30.6 Å². The zero-order chi connectivity index (χ0) is 51.2. The highest BCUT2D eigenvalue weighted by Gasteiger charge is 2.51. The molecule has 9 N–H and O–H groups in total. The number of ether oxygens (including phenoxy) is 4. The highest BCUT2D eigenvalue weighted by Crippen LogP contribution is 2.28. The van der Waals surface area contributed by atoms with Gasteiger partial charge >= 0.3 is 53.3 Å². The number of benzene rings is 1. The first-order chi connectivity index (χ1) is 31.5. The molecule has 0 saturated carbocycles. The SMILES string of the molecule is C[N+](C)(C)CCOC(=O)C(CC(=O)O)(CC(=O)O)OC(=O)CC[C@H](NC(=O)c1ccc(NCc2cnc3[nH]c(N)nc(=O)c3n2)cc1)C(=O)OC(CC(=O)O)(CC(=O)O)C(=O)OCC[N+](C)(C)C. The molecule has 2 heterocycles. The number of hydrogen-bond acceptors (Lipinski definition) is 19. The number of carbonyl (C=O) groups is 9. The van der Waals surface area contributed by atoms with Gasteiger partial charge in [0.2, 0.25) is 17.2 Å². The minimum atomic E-state index is -3.03. The number of fused-ring (bicyclic) bond motifs is 1. The van der Waals surface area contributed by atoms with Crippen LogP contribution in [0.3, 0.4) is 0 Å². The molecular formula is C41H55N9O18+2. The number of carbonyl (C=O) groups excluding carboxylic acids is 5. The average Bonchev–Trinajstić information content (AvgIpc) is 3.19. The molecule has 0 aliphatic heterocycles. The molecule has 0 unspecified atom stereocenters. The Morgan fingerprint density at radius 1 is 0.735 bits per heavy atom. The van der Waals surface area contributed by atoms with Crippen molar-refractivity contribution in [2.45, 2.75) is 62.3 Å². The summed E-state index contributed by atoms with van der Waals surface area (Å²) in [5.41, 5.74) is -0.491. The Labute approximate surface area is 386 Å². The van der Waals surface area contributed by atoms with E-state index in [-0.39, 0.29) is 64.5 Å². The Morgan fingerprint density at radius 3 is 1.69 bits per heavy atom. The molecular weight excluding hydrogens is 906 g/mol. The molecule has 1 amide bonds. The van der Waals surface area contributed by atoms with Crippen LogP contribution in [0.2, 0.25) is 0 Å². The van der Waals surface area contributed by atoms with Crippen molar-refractivity contribution in [2.75, 3.05) is 79.6 Å². The van der Waals surface area contributed by atoms with Crippen LogP contribution in [-0.4, -0.2) is 189 Å². The Balaban J connectivity index is 1.97. The van der Waals surface area contributed by atoms with Gasteiger partial charge in [0, 0.05) is 17.7 Å². The number of carboxylic acid groups (broad SMARTS) is 4. The maximum atomic E-state index is 14.0. The molecule has 370 valence electrons. The highest BCUT2D eigenvalue weighted by molar-refractivity contribution is 5.98. The summed E-state index contributed by atoms with van der Waals surface area (Å²) in [7, 11) is 10.4. The molecule has 1 aromatic carbocycles. The number of amides is 1. The summed E-state index contributed by atoms with van der Waals surface area (Å²) in [6, 6.07) is 3.34. The van der Waals surface area contributed by atoms with Gasteiger partial charge in [0.1, 0.15) is 32.3 Å². The van der Waals surface area contributed by atoms with Gasteiger partial charge in [-0.25, -0.2) is 24.4 Å². The van der Waals surface area contributed by atoms with Crippen molar-refractivity contribution >= 4 is 76.5 Å². The number of carboxylic acids is 4. The largest absolute Gasteiger partial charge is 0.481 e. The number of anilines is 2. The molecule has 0 fully saturated rings. The molecule has 68 heavy (non-hydrogen) atoms. The van der Waals surface area contributed by atoms with Crippen LogP contribution in [0.5, 0.6) is 0 Å². The molecule has 1 atom stereocenters. The fraction of sp³-hybridized carbons (Fsp3) is 0.488. The van der Waals surface area contributed by atoms with E-state index in [1.165, 1.54) is 30.5 Å². The summed E-state index contributed by atoms with van der Waals surface area (Å²) in [6.07, 6.45) is -6.11. The van der Waals surface area contributed by atoms with Gasteiger partial charge in [-0.1, -0.05) is 0 Å². The number of aromatic nitrogens is 4. The van der Waals surface area contributed by atoms with E-state index in [0.29, 0.717) is 11.4 Å². The number of nitrogens with two attached hydrogens (primary N) is 1. The number of aromatic amines is 1. The number of H-pyrrole nitrogens is 1. The normalized spacial score (nSPS) is 12.3. The van der Waals surface area contributed by atoms with Crippen LogP contribution in [-0.2, 0) is 63.8 Å². The Hall–Kier alpha value is -7.81. The van der Waals surface area contributed by atoms with Crippen LogP contribution in [0.4, 0.5) is 11.6 Å². The fourth-order valence-electron chi connectivity index (χ4n) is 5.99. The first kappa shape index (κ1) is 54.5. The van der Waals surface area contributed by atoms with Crippen LogP contribution in [0.1, 0.15) is 54.6 Å². The molecule has 0 saturated heterocycles. The summed E-state index contributed by atoms with van der Waals surface area (Å²) in [5, 5.41) is 44.1. The number of nitrogen functional groups attached to an aromatic ring is 1. The molecule has 0 aliphatic carbocycles. The number of aliphatic carboxylic acids is 4. The molecule has 27 heteroatoms. The molecule has 2 aromatic heterocycles. The quantitative estimate of drug-likeness (QED) is 0.0251. The molecule has 0 spiro atoms. The number of nitrogens with zero attached hydrogens (tertiary/aromatic N) is 5. The lowest BCUT2D eigenvalue weighted by molar-refractivity contribution is -0.870. The maximum absolute atomic E-state index is 14.0. The minimum absolute atomic E-state index is 0.0304. The van der Waals surface area contributed by atoms with Gasteiger partial charge < -0.3 is 69.7 Å².